The summed E-state index contributed by atoms with van der Waals surface area (Å²) < 4.78 is 11.8. The fourth-order valence-electron chi connectivity index (χ4n) is 2.07. The quantitative estimate of drug-likeness (QED) is 0.345. The third kappa shape index (κ3) is 17.1. The third-order valence-electron chi connectivity index (χ3n) is 3.20. The topological polar surface area (TPSA) is 37.3 Å². The Bertz CT molecular complexity index is 227. The molecule has 2 nitrogen and oxygen atoms in total. The molecular formula is C16H29FO2. The minimum Gasteiger partial charge on any atom is -0.481 e. The zero-order valence-corrected chi connectivity index (χ0v) is 12.1. The maximum absolute atomic E-state index is 11.8. The van der Waals surface area contributed by atoms with Crippen molar-refractivity contribution in [2.45, 2.75) is 77.0 Å². The first-order chi connectivity index (χ1) is 9.27. The number of aliphatic carboxylic acids is 1. The zero-order valence-electron chi connectivity index (χ0n) is 12.1. The lowest BCUT2D eigenvalue weighted by Gasteiger charge is -2.01. The molecule has 0 aromatic carbocycles. The highest BCUT2D eigenvalue weighted by Gasteiger charge is 1.96. The van der Waals surface area contributed by atoms with Crippen LogP contribution in [0.1, 0.15) is 77.0 Å². The van der Waals surface area contributed by atoms with E-state index in [1.165, 1.54) is 44.9 Å². The van der Waals surface area contributed by atoms with E-state index in [1.54, 1.807) is 0 Å². The molecule has 0 aromatic rings. The van der Waals surface area contributed by atoms with Gasteiger partial charge in [-0.1, -0.05) is 57.1 Å². The van der Waals surface area contributed by atoms with E-state index in [0.717, 1.165) is 19.3 Å². The first-order valence-corrected chi connectivity index (χ1v) is 7.70. The predicted octanol–water partition coefficient (Wildman–Crippen LogP) is 5.28. The SMILES string of the molecule is O=C(O)CCCCCCCCCCCC=CCCF. The van der Waals surface area contributed by atoms with Gasteiger partial charge in [0.2, 0.25) is 0 Å². The van der Waals surface area contributed by atoms with Crippen molar-refractivity contribution in [2.75, 3.05) is 6.67 Å². The van der Waals surface area contributed by atoms with Crippen LogP contribution in [0.15, 0.2) is 12.2 Å². The number of unbranched alkanes of at least 4 members (excludes halogenated alkanes) is 9. The van der Waals surface area contributed by atoms with Gasteiger partial charge in [-0.25, -0.2) is 0 Å². The summed E-state index contributed by atoms with van der Waals surface area (Å²) in [6.07, 6.45) is 16.5. The number of hydrogen-bond donors (Lipinski definition) is 1. The molecule has 0 atom stereocenters. The third-order valence-corrected chi connectivity index (χ3v) is 3.20. The number of allylic oxidation sites excluding steroid dienone is 2. The molecule has 0 aliphatic heterocycles. The average molecular weight is 272 g/mol. The molecule has 0 bridgehead atoms. The molecular weight excluding hydrogens is 243 g/mol. The van der Waals surface area contributed by atoms with Crippen LogP contribution < -0.4 is 0 Å². The predicted molar refractivity (Wildman–Crippen MR) is 78.2 cm³/mol. The molecule has 0 saturated heterocycles. The van der Waals surface area contributed by atoms with Gasteiger partial charge in [0, 0.05) is 6.42 Å². The fraction of sp³-hybridized carbons (Fsp3) is 0.812. The Morgan fingerprint density at radius 2 is 1.26 bits per heavy atom. The Labute approximate surface area is 117 Å². The molecule has 0 unspecified atom stereocenters. The van der Waals surface area contributed by atoms with Gasteiger partial charge in [-0.3, -0.25) is 9.18 Å². The van der Waals surface area contributed by atoms with Gasteiger partial charge in [-0.2, -0.15) is 0 Å². The molecule has 1 N–H and O–H groups in total. The second kappa shape index (κ2) is 15.2. The number of carboxylic acids is 1. The summed E-state index contributed by atoms with van der Waals surface area (Å²) in [4.78, 5) is 10.3. The van der Waals surface area contributed by atoms with Crippen molar-refractivity contribution in [1.82, 2.24) is 0 Å². The highest BCUT2D eigenvalue weighted by Crippen LogP contribution is 2.11. The van der Waals surface area contributed by atoms with Crippen LogP contribution in [0.25, 0.3) is 0 Å². The largest absolute Gasteiger partial charge is 0.481 e. The Balaban J connectivity index is 3.01. The van der Waals surface area contributed by atoms with Crippen molar-refractivity contribution >= 4 is 5.97 Å². The molecule has 19 heavy (non-hydrogen) atoms. The number of halogens is 1. The lowest BCUT2D eigenvalue weighted by atomic mass is 10.1. The van der Waals surface area contributed by atoms with Gasteiger partial charge in [-0.05, 0) is 25.7 Å². The Morgan fingerprint density at radius 3 is 1.79 bits per heavy atom. The maximum atomic E-state index is 11.8. The van der Waals surface area contributed by atoms with E-state index < -0.39 is 5.97 Å². The lowest BCUT2D eigenvalue weighted by molar-refractivity contribution is -0.137. The molecule has 112 valence electrons. The van der Waals surface area contributed by atoms with Gasteiger partial charge in [0.25, 0.3) is 0 Å². The molecule has 0 radical (unpaired) electrons. The number of rotatable bonds is 14. The summed E-state index contributed by atoms with van der Waals surface area (Å²) >= 11 is 0. The molecule has 0 rings (SSSR count). The van der Waals surface area contributed by atoms with Gasteiger partial charge in [0.05, 0.1) is 6.67 Å². The van der Waals surface area contributed by atoms with E-state index in [1.807, 2.05) is 6.08 Å². The van der Waals surface area contributed by atoms with Crippen LogP contribution in [0, 0.1) is 0 Å². The van der Waals surface area contributed by atoms with Crippen LogP contribution >= 0.6 is 0 Å². The first-order valence-electron chi connectivity index (χ1n) is 7.70. The summed E-state index contributed by atoms with van der Waals surface area (Å²) in [7, 11) is 0. The van der Waals surface area contributed by atoms with Crippen molar-refractivity contribution in [3.63, 3.8) is 0 Å². The van der Waals surface area contributed by atoms with E-state index in [2.05, 4.69) is 6.08 Å². The molecule has 0 saturated carbocycles. The van der Waals surface area contributed by atoms with Crippen LogP contribution in [-0.2, 0) is 4.79 Å². The van der Waals surface area contributed by atoms with Gasteiger partial charge in [0.1, 0.15) is 0 Å². The fourth-order valence-corrected chi connectivity index (χ4v) is 2.07. The van der Waals surface area contributed by atoms with Crippen molar-refractivity contribution < 1.29 is 14.3 Å². The van der Waals surface area contributed by atoms with E-state index in [0.29, 0.717) is 12.8 Å². The van der Waals surface area contributed by atoms with Gasteiger partial charge >= 0.3 is 5.97 Å². The summed E-state index contributed by atoms with van der Waals surface area (Å²) in [6, 6.07) is 0. The Kier molecular flexibility index (Phi) is 14.5. The first kappa shape index (κ1) is 18.1. The van der Waals surface area contributed by atoms with Crippen LogP contribution in [-0.4, -0.2) is 17.8 Å². The molecule has 3 heteroatoms. The highest BCUT2D eigenvalue weighted by atomic mass is 19.1. The van der Waals surface area contributed by atoms with Crippen LogP contribution in [0.5, 0.6) is 0 Å². The number of carbonyl (C=O) groups is 1. The highest BCUT2D eigenvalue weighted by molar-refractivity contribution is 5.66. The second-order valence-corrected chi connectivity index (χ2v) is 5.06. The van der Waals surface area contributed by atoms with Gasteiger partial charge in [0.15, 0.2) is 0 Å². The Hall–Kier alpha value is -0.860. The van der Waals surface area contributed by atoms with Crippen molar-refractivity contribution in [2.24, 2.45) is 0 Å². The smallest absolute Gasteiger partial charge is 0.303 e. The van der Waals surface area contributed by atoms with Gasteiger partial charge in [-0.15, -0.1) is 0 Å². The van der Waals surface area contributed by atoms with Crippen LogP contribution in [0.3, 0.4) is 0 Å². The monoisotopic (exact) mass is 272 g/mol. The normalized spacial score (nSPS) is 11.2. The molecule has 0 aromatic heterocycles. The summed E-state index contributed by atoms with van der Waals surface area (Å²) in [5.74, 6) is -0.680. The minimum atomic E-state index is -0.680. The average Bonchev–Trinajstić information content (AvgIpc) is 2.39. The number of hydrogen-bond acceptors (Lipinski definition) is 1. The van der Waals surface area contributed by atoms with Crippen LogP contribution in [0.4, 0.5) is 4.39 Å². The zero-order chi connectivity index (χ0) is 14.2. The minimum absolute atomic E-state index is 0.247. The number of alkyl halides is 1. The Morgan fingerprint density at radius 1 is 0.789 bits per heavy atom. The molecule has 0 heterocycles. The van der Waals surface area contributed by atoms with E-state index >= 15 is 0 Å². The van der Waals surface area contributed by atoms with Crippen molar-refractivity contribution in [3.8, 4) is 0 Å². The van der Waals surface area contributed by atoms with E-state index in [4.69, 9.17) is 5.11 Å². The lowest BCUT2D eigenvalue weighted by Crippen LogP contribution is -1.93. The molecule has 0 spiro atoms. The molecule has 0 aliphatic rings. The molecule has 0 amide bonds. The maximum Gasteiger partial charge on any atom is 0.303 e. The molecule has 0 fully saturated rings. The standard InChI is InChI=1S/C16H29FO2/c17-15-13-11-9-7-5-3-1-2-4-6-8-10-12-14-16(18)19/h9,11H,1-8,10,12-15H2,(H,18,19). The van der Waals surface area contributed by atoms with Crippen molar-refractivity contribution in [3.05, 3.63) is 12.2 Å². The second-order valence-electron chi connectivity index (χ2n) is 5.06. The van der Waals surface area contributed by atoms with Crippen molar-refractivity contribution in [1.29, 1.82) is 0 Å². The summed E-state index contributed by atoms with van der Waals surface area (Å²) in [6.45, 7) is -0.247. The molecule has 0 aliphatic carbocycles. The summed E-state index contributed by atoms with van der Waals surface area (Å²) in [5, 5.41) is 8.48. The van der Waals surface area contributed by atoms with E-state index in [-0.39, 0.29) is 6.67 Å². The number of carboxylic acid groups (broad SMARTS) is 1. The summed E-state index contributed by atoms with van der Waals surface area (Å²) in [5.41, 5.74) is 0. The van der Waals surface area contributed by atoms with Gasteiger partial charge < -0.3 is 5.11 Å². The van der Waals surface area contributed by atoms with E-state index in [9.17, 15) is 9.18 Å². The van der Waals surface area contributed by atoms with Crippen LogP contribution in [0.2, 0.25) is 0 Å².